The normalized spacial score (nSPS) is 17.9. The molecule has 2 fully saturated rings. The summed E-state index contributed by atoms with van der Waals surface area (Å²) < 4.78 is 21.3. The van der Waals surface area contributed by atoms with Gasteiger partial charge in [0.15, 0.2) is 0 Å². The van der Waals surface area contributed by atoms with Crippen molar-refractivity contribution >= 4 is 53.9 Å². The Morgan fingerprint density at radius 3 is 1.51 bits per heavy atom. The molecule has 2 heterocycles. The molecule has 0 saturated carbocycles. The van der Waals surface area contributed by atoms with Crippen LogP contribution in [0, 0.1) is 30.3 Å². The summed E-state index contributed by atoms with van der Waals surface area (Å²) in [6.07, 6.45) is -2.53. The highest BCUT2D eigenvalue weighted by Gasteiger charge is 2.43. The number of carbonyl (C=O) groups is 4. The van der Waals surface area contributed by atoms with E-state index in [1.165, 1.54) is 87.5 Å². The summed E-state index contributed by atoms with van der Waals surface area (Å²) in [6, 6.07) is 14.2. The summed E-state index contributed by atoms with van der Waals surface area (Å²) in [7, 11) is 0. The van der Waals surface area contributed by atoms with Crippen LogP contribution in [-0.4, -0.2) is 104 Å². The van der Waals surface area contributed by atoms with Gasteiger partial charge in [0, 0.05) is 67.8 Å². The molecule has 5 rings (SSSR count). The van der Waals surface area contributed by atoms with Crippen LogP contribution in [0.5, 0.6) is 0 Å². The predicted molar refractivity (Wildman–Crippen MR) is 191 cm³/mol. The van der Waals surface area contributed by atoms with E-state index in [0.717, 1.165) is 0 Å². The van der Waals surface area contributed by atoms with Gasteiger partial charge in [-0.3, -0.25) is 44.9 Å². The number of nitrogens with zero attached hydrogens (tertiary/aromatic N) is 6. The van der Waals surface area contributed by atoms with E-state index in [0.29, 0.717) is 16.7 Å². The van der Waals surface area contributed by atoms with Crippen molar-refractivity contribution in [1.29, 1.82) is 0 Å². The zero-order chi connectivity index (χ0) is 39.6. The summed E-state index contributed by atoms with van der Waals surface area (Å²) in [4.78, 5) is 88.1. The third kappa shape index (κ3) is 10.6. The first-order chi connectivity index (χ1) is 26.3. The monoisotopic (exact) mass is 782 g/mol. The fourth-order valence-electron chi connectivity index (χ4n) is 5.84. The number of hydrogen-bond donors (Lipinski definition) is 1. The second-order valence-corrected chi connectivity index (χ2v) is 13.1. The van der Waals surface area contributed by atoms with Gasteiger partial charge in [-0.2, -0.15) is 12.6 Å². The van der Waals surface area contributed by atoms with E-state index in [-0.39, 0.29) is 74.7 Å². The minimum Gasteiger partial charge on any atom is -0.445 e. The standard InChI is InChI=1S/C34H34N6O14S/c41-31(30-15-29(55)17-37(30)33(43)52-19-23-3-9-26(10-4-23)39(47)48)35-13-14-36(32(42)51-18-22-1-7-25(8-2-22)38(45)46)28(16-35)21-54-34(44)53-20-24-5-11-27(12-6-24)40(49)50/h1-12,28-30,55H,13-21H2/t28?,29-,30-/m0/s1. The topological polar surface area (TPSA) is 244 Å². The molecular weight excluding hydrogens is 748 g/mol. The number of benzene rings is 3. The molecule has 55 heavy (non-hydrogen) atoms. The molecule has 290 valence electrons. The minimum atomic E-state index is -1.11. The molecule has 0 bridgehead atoms. The summed E-state index contributed by atoms with van der Waals surface area (Å²) in [5.74, 6) is -0.464. The number of piperazine rings is 1. The lowest BCUT2D eigenvalue weighted by molar-refractivity contribution is -0.385. The first kappa shape index (κ1) is 39.7. The summed E-state index contributed by atoms with van der Waals surface area (Å²) in [6.45, 7) is -1.22. The van der Waals surface area contributed by atoms with Gasteiger partial charge in [0.25, 0.3) is 17.1 Å². The van der Waals surface area contributed by atoms with E-state index in [4.69, 9.17) is 18.9 Å². The quantitative estimate of drug-likeness (QED) is 0.0866. The minimum absolute atomic E-state index is 0.0198. The van der Waals surface area contributed by atoms with Gasteiger partial charge < -0.3 is 23.8 Å². The molecule has 3 aromatic carbocycles. The lowest BCUT2D eigenvalue weighted by Crippen LogP contribution is -2.60. The number of hydrogen-bond acceptors (Lipinski definition) is 15. The van der Waals surface area contributed by atoms with E-state index in [1.54, 1.807) is 0 Å². The van der Waals surface area contributed by atoms with Gasteiger partial charge in [-0.05, 0) is 59.5 Å². The van der Waals surface area contributed by atoms with E-state index in [9.17, 15) is 49.5 Å². The molecule has 3 amide bonds. The zero-order valence-corrected chi connectivity index (χ0v) is 29.8. The van der Waals surface area contributed by atoms with Gasteiger partial charge in [-0.15, -0.1) is 0 Å². The largest absolute Gasteiger partial charge is 0.508 e. The first-order valence-corrected chi connectivity index (χ1v) is 17.1. The molecule has 20 nitrogen and oxygen atoms in total. The average molecular weight is 783 g/mol. The number of amides is 3. The molecule has 21 heteroatoms. The SMILES string of the molecule is O=C(OCc1ccc([N+](=O)[O-])cc1)OCC1CN(C(=O)[C@@H]2C[C@H](S)CN2C(=O)OCc2ccc([N+](=O)[O-])cc2)CCN1C(=O)OCc1ccc([N+](=O)[O-])cc1. The Morgan fingerprint density at radius 2 is 1.05 bits per heavy atom. The van der Waals surface area contributed by atoms with Crippen LogP contribution in [0.15, 0.2) is 72.8 Å². The third-order valence-electron chi connectivity index (χ3n) is 8.74. The molecule has 0 aliphatic carbocycles. The van der Waals surface area contributed by atoms with E-state index in [2.05, 4.69) is 12.6 Å². The van der Waals surface area contributed by atoms with Crippen LogP contribution in [0.25, 0.3) is 0 Å². The Kier molecular flexibility index (Phi) is 13.0. The van der Waals surface area contributed by atoms with Gasteiger partial charge in [0.05, 0.1) is 20.8 Å². The molecule has 2 aliphatic heterocycles. The zero-order valence-electron chi connectivity index (χ0n) is 28.9. The lowest BCUT2D eigenvalue weighted by Gasteiger charge is -2.41. The summed E-state index contributed by atoms with van der Waals surface area (Å²) >= 11 is 4.49. The van der Waals surface area contributed by atoms with Crippen molar-refractivity contribution in [2.24, 2.45) is 0 Å². The number of nitro groups is 3. The molecule has 2 saturated heterocycles. The molecular formula is C34H34N6O14S. The molecule has 3 atom stereocenters. The Morgan fingerprint density at radius 1 is 0.618 bits per heavy atom. The lowest BCUT2D eigenvalue weighted by atomic mass is 10.1. The van der Waals surface area contributed by atoms with Crippen LogP contribution < -0.4 is 0 Å². The highest BCUT2D eigenvalue weighted by atomic mass is 32.1. The van der Waals surface area contributed by atoms with Crippen molar-refractivity contribution in [2.45, 2.75) is 43.6 Å². The van der Waals surface area contributed by atoms with Gasteiger partial charge in [-0.25, -0.2) is 14.4 Å². The van der Waals surface area contributed by atoms with Gasteiger partial charge in [0.1, 0.15) is 32.5 Å². The Labute approximate surface area is 317 Å². The molecule has 2 aliphatic rings. The fourth-order valence-corrected chi connectivity index (χ4v) is 6.22. The number of rotatable bonds is 12. The van der Waals surface area contributed by atoms with Crippen molar-refractivity contribution in [3.05, 3.63) is 120 Å². The maximum absolute atomic E-state index is 13.9. The number of non-ortho nitro benzene ring substituents is 3. The van der Waals surface area contributed by atoms with Gasteiger partial charge in [0.2, 0.25) is 5.91 Å². The number of carbonyl (C=O) groups excluding carboxylic acids is 4. The van der Waals surface area contributed by atoms with Crippen LogP contribution >= 0.6 is 12.6 Å². The smallest absolute Gasteiger partial charge is 0.445 e. The maximum atomic E-state index is 13.9. The van der Waals surface area contributed by atoms with Crippen LogP contribution in [0.4, 0.5) is 31.4 Å². The highest BCUT2D eigenvalue weighted by Crippen LogP contribution is 2.27. The second kappa shape index (κ2) is 18.0. The predicted octanol–water partition coefficient (Wildman–Crippen LogP) is 4.62. The van der Waals surface area contributed by atoms with Gasteiger partial charge >= 0.3 is 18.3 Å². The molecule has 0 spiro atoms. The highest BCUT2D eigenvalue weighted by molar-refractivity contribution is 7.81. The Hall–Kier alpha value is -6.51. The molecule has 0 radical (unpaired) electrons. The molecule has 3 aromatic rings. The molecule has 0 aromatic heterocycles. The Bertz CT molecular complexity index is 1910. The van der Waals surface area contributed by atoms with Crippen LogP contribution in [0.3, 0.4) is 0 Å². The van der Waals surface area contributed by atoms with Gasteiger partial charge in [-0.1, -0.05) is 0 Å². The number of ether oxygens (including phenoxy) is 4. The van der Waals surface area contributed by atoms with Crippen molar-refractivity contribution < 1.29 is 52.9 Å². The molecule has 1 unspecified atom stereocenters. The van der Waals surface area contributed by atoms with E-state index >= 15 is 0 Å². The summed E-state index contributed by atoms with van der Waals surface area (Å²) in [5, 5.41) is 32.5. The number of nitro benzene ring substituents is 3. The van der Waals surface area contributed by atoms with Crippen LogP contribution in [0.2, 0.25) is 0 Å². The fraction of sp³-hybridized carbons (Fsp3) is 0.353. The third-order valence-corrected chi connectivity index (χ3v) is 9.12. The van der Waals surface area contributed by atoms with Crippen LogP contribution in [0.1, 0.15) is 23.1 Å². The second-order valence-electron chi connectivity index (χ2n) is 12.4. The van der Waals surface area contributed by atoms with Crippen molar-refractivity contribution in [3.8, 4) is 0 Å². The summed E-state index contributed by atoms with van der Waals surface area (Å²) in [5.41, 5.74) is 0.999. The first-order valence-electron chi connectivity index (χ1n) is 16.6. The van der Waals surface area contributed by atoms with Crippen molar-refractivity contribution in [2.75, 3.05) is 32.8 Å². The molecule has 0 N–H and O–H groups in total. The number of likely N-dealkylation sites (tertiary alicyclic amines) is 1. The van der Waals surface area contributed by atoms with E-state index < -0.39 is 57.7 Å². The Balaban J connectivity index is 1.23. The maximum Gasteiger partial charge on any atom is 0.508 e. The van der Waals surface area contributed by atoms with Crippen molar-refractivity contribution in [1.82, 2.24) is 14.7 Å². The van der Waals surface area contributed by atoms with E-state index in [1.807, 2.05) is 0 Å². The average Bonchev–Trinajstić information content (AvgIpc) is 3.58. The van der Waals surface area contributed by atoms with Crippen LogP contribution in [-0.2, 0) is 43.6 Å². The number of thiol groups is 1. The van der Waals surface area contributed by atoms with Crippen molar-refractivity contribution in [3.63, 3.8) is 0 Å².